The molecule has 1 N–H and O–H groups in total. The monoisotopic (exact) mass is 328 g/mol. The molecule has 0 unspecified atom stereocenters. The molecule has 0 radical (unpaired) electrons. The summed E-state index contributed by atoms with van der Waals surface area (Å²) in [4.78, 5) is 8.10. The van der Waals surface area contributed by atoms with E-state index in [2.05, 4.69) is 23.5 Å². The number of nitrogens with zero attached hydrogens (tertiary/aromatic N) is 2. The molecule has 0 aromatic rings. The van der Waals surface area contributed by atoms with Crippen molar-refractivity contribution < 1.29 is 5.11 Å². The van der Waals surface area contributed by atoms with Gasteiger partial charge in [0.05, 0.1) is 6.10 Å². The minimum atomic E-state index is -0.366. The smallest absolute Gasteiger partial charge is 0.238 e. The van der Waals surface area contributed by atoms with Gasteiger partial charge in [0.1, 0.15) is 0 Å². The van der Waals surface area contributed by atoms with Crippen LogP contribution < -0.4 is 0 Å². The fourth-order valence-corrected chi connectivity index (χ4v) is 6.62. The molecule has 0 heterocycles. The third-order valence-corrected chi connectivity index (χ3v) is 7.75. The maximum Gasteiger partial charge on any atom is 0.238 e. The quantitative estimate of drug-likeness (QED) is 0.723. The molecule has 132 valence electrons. The van der Waals surface area contributed by atoms with Gasteiger partial charge < -0.3 is 14.8 Å². The lowest BCUT2D eigenvalue weighted by Crippen LogP contribution is -2.62. The summed E-state index contributed by atoms with van der Waals surface area (Å²) in [7, 11) is 0. The van der Waals surface area contributed by atoms with Crippen molar-refractivity contribution >= 4 is 0 Å². The highest BCUT2D eigenvalue weighted by Gasteiger charge is 2.65. The third-order valence-electron chi connectivity index (χ3n) is 7.75. The molecule has 8 atom stereocenters. The fraction of sp³-hybridized carbons (Fsp3) is 0.905. The average Bonchev–Trinajstić information content (AvgIpc) is 2.54. The summed E-state index contributed by atoms with van der Waals surface area (Å²) >= 11 is 0. The number of hydrogen-bond acceptors (Lipinski definition) is 1. The lowest BCUT2D eigenvalue weighted by atomic mass is 9.45. The molecule has 3 aliphatic carbocycles. The highest BCUT2D eigenvalue weighted by molar-refractivity contribution is 5.18. The summed E-state index contributed by atoms with van der Waals surface area (Å²) in [6, 6.07) is 0. The molecule has 3 nitrogen and oxygen atoms in total. The molecule has 0 bridgehead atoms. The largest absolute Gasteiger partial charge is 0.393 e. The lowest BCUT2D eigenvalue weighted by Gasteiger charge is -2.58. The van der Waals surface area contributed by atoms with Crippen molar-refractivity contribution in [3.8, 4) is 0 Å². The van der Waals surface area contributed by atoms with Gasteiger partial charge in [-0.15, -0.1) is 0 Å². The van der Waals surface area contributed by atoms with Gasteiger partial charge in [0.15, 0.2) is 0 Å². The van der Waals surface area contributed by atoms with Crippen molar-refractivity contribution in [3.05, 3.63) is 22.8 Å². The molecular formula is C21H32N2O. The van der Waals surface area contributed by atoms with Gasteiger partial charge >= 0.3 is 0 Å². The second kappa shape index (κ2) is 6.03. The molecule has 0 aromatic carbocycles. The Kier molecular flexibility index (Phi) is 4.46. The summed E-state index contributed by atoms with van der Waals surface area (Å²) in [6.07, 6.45) is 5.70. The Balaban J connectivity index is 2.01. The van der Waals surface area contributed by atoms with Crippen LogP contribution in [0.25, 0.3) is 9.69 Å². The predicted molar refractivity (Wildman–Crippen MR) is 96.0 cm³/mol. The van der Waals surface area contributed by atoms with Gasteiger partial charge in [-0.05, 0) is 49.4 Å². The maximum absolute atomic E-state index is 10.9. The van der Waals surface area contributed by atoms with Gasteiger partial charge in [-0.1, -0.05) is 13.8 Å². The summed E-state index contributed by atoms with van der Waals surface area (Å²) in [6.45, 7) is 24.2. The van der Waals surface area contributed by atoms with Crippen molar-refractivity contribution in [2.45, 2.75) is 83.4 Å². The molecular weight excluding hydrogens is 296 g/mol. The Morgan fingerprint density at radius 3 is 2.50 bits per heavy atom. The van der Waals surface area contributed by atoms with Crippen LogP contribution in [0.15, 0.2) is 0 Å². The van der Waals surface area contributed by atoms with E-state index in [0.29, 0.717) is 29.6 Å². The summed E-state index contributed by atoms with van der Waals surface area (Å²) in [5.41, 5.74) is -0.628. The molecule has 0 saturated heterocycles. The van der Waals surface area contributed by atoms with Gasteiger partial charge in [0.2, 0.25) is 11.1 Å². The first-order valence-corrected chi connectivity index (χ1v) is 9.71. The van der Waals surface area contributed by atoms with E-state index < -0.39 is 0 Å². The zero-order valence-corrected chi connectivity index (χ0v) is 15.6. The van der Waals surface area contributed by atoms with Crippen molar-refractivity contribution in [3.63, 3.8) is 0 Å². The molecule has 0 aliphatic heterocycles. The van der Waals surface area contributed by atoms with Crippen molar-refractivity contribution in [2.75, 3.05) is 0 Å². The zero-order chi connectivity index (χ0) is 17.7. The Bertz CT molecular complexity index is 571. The van der Waals surface area contributed by atoms with E-state index in [0.717, 1.165) is 32.1 Å². The first-order valence-electron chi connectivity index (χ1n) is 9.71. The minimum Gasteiger partial charge on any atom is -0.393 e. The van der Waals surface area contributed by atoms with E-state index in [-0.39, 0.29) is 23.1 Å². The van der Waals surface area contributed by atoms with Crippen LogP contribution in [0.4, 0.5) is 0 Å². The first kappa shape index (κ1) is 17.8. The SMILES string of the molecule is [C-]#[N+]C(C)(C)C[C@H]1C[C@@H](C)[C@@H]2CC[C@@H](C)[C@]3([N+]#[C-])CC[C@H](O)[C@H]1[C@@H]23. The second-order valence-corrected chi connectivity index (χ2v) is 9.56. The lowest BCUT2D eigenvalue weighted by molar-refractivity contribution is -0.128. The van der Waals surface area contributed by atoms with Crippen LogP contribution in [0.1, 0.15) is 66.2 Å². The van der Waals surface area contributed by atoms with E-state index in [1.54, 1.807) is 0 Å². The molecule has 3 aliphatic rings. The van der Waals surface area contributed by atoms with Gasteiger partial charge in [0.25, 0.3) is 0 Å². The molecule has 3 fully saturated rings. The fourth-order valence-electron chi connectivity index (χ4n) is 6.62. The summed E-state index contributed by atoms with van der Waals surface area (Å²) in [5.74, 6) is 2.56. The molecule has 0 aromatic heterocycles. The predicted octanol–water partition coefficient (Wildman–Crippen LogP) is 4.82. The topological polar surface area (TPSA) is 29.0 Å². The van der Waals surface area contributed by atoms with Crippen molar-refractivity contribution in [1.82, 2.24) is 0 Å². The Labute approximate surface area is 147 Å². The van der Waals surface area contributed by atoms with Gasteiger partial charge in [-0.2, -0.15) is 0 Å². The van der Waals surface area contributed by atoms with Gasteiger partial charge in [0, 0.05) is 38.5 Å². The van der Waals surface area contributed by atoms with Gasteiger partial charge in [-0.3, -0.25) is 0 Å². The summed E-state index contributed by atoms with van der Waals surface area (Å²) < 4.78 is 0. The molecule has 3 saturated carbocycles. The van der Waals surface area contributed by atoms with Crippen LogP contribution in [0.3, 0.4) is 0 Å². The number of rotatable bonds is 2. The van der Waals surface area contributed by atoms with Crippen LogP contribution >= 0.6 is 0 Å². The third kappa shape index (κ3) is 2.57. The highest BCUT2D eigenvalue weighted by atomic mass is 16.3. The number of aliphatic hydroxyl groups is 1. The number of aliphatic hydroxyl groups excluding tert-OH is 1. The zero-order valence-electron chi connectivity index (χ0n) is 15.6. The van der Waals surface area contributed by atoms with Crippen LogP contribution in [-0.4, -0.2) is 22.3 Å². The normalized spacial score (nSPS) is 48.0. The van der Waals surface area contributed by atoms with Crippen LogP contribution in [0.5, 0.6) is 0 Å². The maximum atomic E-state index is 10.9. The second-order valence-electron chi connectivity index (χ2n) is 9.56. The highest BCUT2D eigenvalue weighted by Crippen LogP contribution is 2.62. The van der Waals surface area contributed by atoms with Crippen LogP contribution in [0.2, 0.25) is 0 Å². The van der Waals surface area contributed by atoms with Gasteiger partial charge in [-0.25, -0.2) is 13.1 Å². The van der Waals surface area contributed by atoms with Crippen molar-refractivity contribution in [1.29, 1.82) is 0 Å². The first-order chi connectivity index (χ1) is 11.3. The van der Waals surface area contributed by atoms with E-state index in [1.165, 1.54) is 6.42 Å². The standard InChI is InChI=1S/C21H32N2O/c1-13-11-15(12-20(3,4)22-5)18-17(24)9-10-21(23-6)14(2)7-8-16(13)19(18)21/h13-19,24H,7-12H2,1-4H3/t13-,14-,15-,16+,17+,18+,19-,21-/m1/s1. The molecule has 24 heavy (non-hydrogen) atoms. The summed E-state index contributed by atoms with van der Waals surface area (Å²) in [5, 5.41) is 10.9. The Morgan fingerprint density at radius 1 is 1.17 bits per heavy atom. The molecule has 3 rings (SSSR count). The number of hydrogen-bond donors (Lipinski definition) is 1. The van der Waals surface area contributed by atoms with E-state index in [1.807, 2.05) is 13.8 Å². The van der Waals surface area contributed by atoms with Crippen molar-refractivity contribution in [2.24, 2.45) is 35.5 Å². The molecule has 0 spiro atoms. The Hall–Kier alpha value is -1.06. The van der Waals surface area contributed by atoms with E-state index in [9.17, 15) is 5.11 Å². The van der Waals surface area contributed by atoms with E-state index in [4.69, 9.17) is 13.1 Å². The Morgan fingerprint density at radius 2 is 1.88 bits per heavy atom. The average molecular weight is 329 g/mol. The molecule has 0 amide bonds. The molecule has 3 heteroatoms. The minimum absolute atomic E-state index is 0.220. The van der Waals surface area contributed by atoms with Crippen LogP contribution in [0, 0.1) is 48.7 Å². The van der Waals surface area contributed by atoms with E-state index >= 15 is 0 Å². The van der Waals surface area contributed by atoms with Crippen LogP contribution in [-0.2, 0) is 0 Å².